The fourth-order valence-corrected chi connectivity index (χ4v) is 7.18. The van der Waals surface area contributed by atoms with Crippen LogP contribution in [0.3, 0.4) is 0 Å². The lowest BCUT2D eigenvalue weighted by Crippen LogP contribution is -2.24. The average Bonchev–Trinajstić information content (AvgIpc) is 3.79. The van der Waals surface area contributed by atoms with Gasteiger partial charge in [0, 0.05) is 65.2 Å². The third kappa shape index (κ3) is 4.91. The number of ether oxygens (including phenoxy) is 1. The highest BCUT2D eigenvalue weighted by atomic mass is 16.5. The molecular weight excluding hydrogens is 603 g/mol. The van der Waals surface area contributed by atoms with E-state index in [2.05, 4.69) is 174 Å². The van der Waals surface area contributed by atoms with Crippen molar-refractivity contribution >= 4 is 49.8 Å². The number of aromatic nitrogens is 3. The molecular formula is C43H37N5O. The van der Waals surface area contributed by atoms with E-state index in [1.165, 1.54) is 22.3 Å². The van der Waals surface area contributed by atoms with Crippen LogP contribution in [-0.2, 0) is 5.41 Å². The summed E-state index contributed by atoms with van der Waals surface area (Å²) in [4.78, 5) is 9.64. The molecule has 240 valence electrons. The van der Waals surface area contributed by atoms with E-state index in [9.17, 15) is 0 Å². The quantitative estimate of drug-likeness (QED) is 0.188. The molecule has 0 amide bonds. The van der Waals surface area contributed by atoms with Crippen molar-refractivity contribution in [3.05, 3.63) is 145 Å². The van der Waals surface area contributed by atoms with Crippen molar-refractivity contribution in [1.82, 2.24) is 14.1 Å². The second-order valence-electron chi connectivity index (χ2n) is 14.0. The fourth-order valence-electron chi connectivity index (χ4n) is 7.18. The maximum Gasteiger partial charge on any atom is 0.139 e. The SMILES string of the molecule is CN1CN(c2cc(Oc3ccc4c5ccccc5n(-c5cc6c(ccn6-c6ccccc6)cn5)c4c3)cc(C(C)(C)C)c2)c2ccccc21. The van der Waals surface area contributed by atoms with Crippen molar-refractivity contribution in [3.8, 4) is 23.0 Å². The molecule has 0 atom stereocenters. The van der Waals surface area contributed by atoms with E-state index >= 15 is 0 Å². The number of fused-ring (bicyclic) bond motifs is 5. The first kappa shape index (κ1) is 29.2. The van der Waals surface area contributed by atoms with E-state index < -0.39 is 0 Å². The van der Waals surface area contributed by atoms with Crippen molar-refractivity contribution in [1.29, 1.82) is 0 Å². The second-order valence-corrected chi connectivity index (χ2v) is 14.0. The van der Waals surface area contributed by atoms with Gasteiger partial charge < -0.3 is 19.1 Å². The van der Waals surface area contributed by atoms with Crippen molar-refractivity contribution in [2.75, 3.05) is 23.5 Å². The molecule has 6 heteroatoms. The summed E-state index contributed by atoms with van der Waals surface area (Å²) in [5.41, 5.74) is 9.09. The molecule has 0 bridgehead atoms. The molecule has 6 nitrogen and oxygen atoms in total. The monoisotopic (exact) mass is 639 g/mol. The van der Waals surface area contributed by atoms with E-state index in [1.807, 2.05) is 12.3 Å². The van der Waals surface area contributed by atoms with E-state index in [1.54, 1.807) is 0 Å². The maximum absolute atomic E-state index is 6.78. The molecule has 1 aliphatic rings. The molecule has 4 heterocycles. The molecule has 8 aromatic rings. The number of anilines is 3. The molecule has 0 unspecified atom stereocenters. The lowest BCUT2D eigenvalue weighted by molar-refractivity contribution is 0.479. The van der Waals surface area contributed by atoms with Crippen molar-refractivity contribution in [2.45, 2.75) is 26.2 Å². The summed E-state index contributed by atoms with van der Waals surface area (Å²) in [5.74, 6) is 2.46. The number of nitrogens with zero attached hydrogens (tertiary/aromatic N) is 5. The predicted octanol–water partition coefficient (Wildman–Crippen LogP) is 10.8. The van der Waals surface area contributed by atoms with Gasteiger partial charge in [-0.1, -0.05) is 69.3 Å². The molecule has 0 saturated heterocycles. The molecule has 49 heavy (non-hydrogen) atoms. The third-order valence-electron chi connectivity index (χ3n) is 9.71. The summed E-state index contributed by atoms with van der Waals surface area (Å²) in [5, 5.41) is 3.43. The Kier molecular flexibility index (Phi) is 6.56. The number of rotatable bonds is 5. The Morgan fingerprint density at radius 3 is 2.22 bits per heavy atom. The molecule has 0 aliphatic carbocycles. The summed E-state index contributed by atoms with van der Waals surface area (Å²) in [6, 6.07) is 44.9. The van der Waals surface area contributed by atoms with Crippen LogP contribution < -0.4 is 14.5 Å². The standard InChI is InChI=1S/C43H37N5O/c1-43(2,3)30-22-32(47-28-45(4)38-16-10-11-17-39(38)47)24-34(23-30)49-33-18-19-36-35-14-8-9-15-37(35)48(41(36)25-33)42-26-40-29(27-44-42)20-21-46(40)31-12-6-5-7-13-31/h5-27H,28H2,1-4H3. The van der Waals surface area contributed by atoms with Crippen LogP contribution in [0.5, 0.6) is 11.5 Å². The summed E-state index contributed by atoms with van der Waals surface area (Å²) in [7, 11) is 2.14. The number of hydrogen-bond donors (Lipinski definition) is 0. The van der Waals surface area contributed by atoms with Crippen molar-refractivity contribution in [2.24, 2.45) is 0 Å². The van der Waals surface area contributed by atoms with Crippen LogP contribution in [0.4, 0.5) is 17.1 Å². The molecule has 3 aromatic heterocycles. The smallest absolute Gasteiger partial charge is 0.139 e. The zero-order valence-electron chi connectivity index (χ0n) is 28.1. The summed E-state index contributed by atoms with van der Waals surface area (Å²) in [6.45, 7) is 7.54. The Hall–Kier alpha value is -6.01. The van der Waals surface area contributed by atoms with Gasteiger partial charge in [0.2, 0.25) is 0 Å². The maximum atomic E-state index is 6.78. The van der Waals surface area contributed by atoms with E-state index in [0.29, 0.717) is 0 Å². The highest BCUT2D eigenvalue weighted by Crippen LogP contribution is 2.43. The number of pyridine rings is 1. The third-order valence-corrected chi connectivity index (χ3v) is 9.71. The molecule has 5 aromatic carbocycles. The molecule has 0 fully saturated rings. The van der Waals surface area contributed by atoms with Gasteiger partial charge in [0.25, 0.3) is 0 Å². The minimum atomic E-state index is -0.0582. The van der Waals surface area contributed by atoms with Gasteiger partial charge in [0.15, 0.2) is 0 Å². The van der Waals surface area contributed by atoms with Crippen LogP contribution >= 0.6 is 0 Å². The zero-order valence-corrected chi connectivity index (χ0v) is 28.1. The van der Waals surface area contributed by atoms with Gasteiger partial charge >= 0.3 is 0 Å². The van der Waals surface area contributed by atoms with Crippen LogP contribution in [0.15, 0.2) is 140 Å². The molecule has 9 rings (SSSR count). The highest BCUT2D eigenvalue weighted by Gasteiger charge is 2.26. The summed E-state index contributed by atoms with van der Waals surface area (Å²) < 4.78 is 11.3. The predicted molar refractivity (Wildman–Crippen MR) is 202 cm³/mol. The lowest BCUT2D eigenvalue weighted by atomic mass is 9.86. The van der Waals surface area contributed by atoms with E-state index in [-0.39, 0.29) is 5.41 Å². The van der Waals surface area contributed by atoms with Crippen LogP contribution in [0.2, 0.25) is 0 Å². The van der Waals surface area contributed by atoms with Crippen LogP contribution in [-0.4, -0.2) is 27.8 Å². The fraction of sp³-hybridized carbons (Fsp3) is 0.140. The van der Waals surface area contributed by atoms with Gasteiger partial charge in [0.05, 0.1) is 34.6 Å². The normalized spacial score (nSPS) is 13.1. The zero-order chi connectivity index (χ0) is 33.3. The first-order valence-electron chi connectivity index (χ1n) is 16.8. The van der Waals surface area contributed by atoms with Gasteiger partial charge in [-0.2, -0.15) is 0 Å². The van der Waals surface area contributed by atoms with Crippen LogP contribution in [0.25, 0.3) is 44.2 Å². The number of para-hydroxylation sites is 4. The van der Waals surface area contributed by atoms with Gasteiger partial charge in [-0.3, -0.25) is 4.57 Å². The van der Waals surface area contributed by atoms with Crippen molar-refractivity contribution in [3.63, 3.8) is 0 Å². The Labute approximate surface area is 286 Å². The Morgan fingerprint density at radius 1 is 0.633 bits per heavy atom. The van der Waals surface area contributed by atoms with Gasteiger partial charge in [-0.15, -0.1) is 0 Å². The average molecular weight is 640 g/mol. The molecule has 0 spiro atoms. The second kappa shape index (κ2) is 11.0. The van der Waals surface area contributed by atoms with Gasteiger partial charge in [-0.25, -0.2) is 4.98 Å². The molecule has 0 N–H and O–H groups in total. The Morgan fingerprint density at radius 2 is 1.39 bits per heavy atom. The largest absolute Gasteiger partial charge is 0.457 e. The van der Waals surface area contributed by atoms with Crippen LogP contribution in [0.1, 0.15) is 26.3 Å². The number of benzene rings is 5. The summed E-state index contributed by atoms with van der Waals surface area (Å²) >= 11 is 0. The van der Waals surface area contributed by atoms with Crippen LogP contribution in [0, 0.1) is 0 Å². The first-order valence-corrected chi connectivity index (χ1v) is 16.8. The Balaban J connectivity index is 1.17. The summed E-state index contributed by atoms with van der Waals surface area (Å²) in [6.07, 6.45) is 4.08. The lowest BCUT2D eigenvalue weighted by Gasteiger charge is -2.25. The highest BCUT2D eigenvalue weighted by molar-refractivity contribution is 6.09. The van der Waals surface area contributed by atoms with E-state index in [4.69, 9.17) is 9.72 Å². The van der Waals surface area contributed by atoms with Gasteiger partial charge in [-0.05, 0) is 71.6 Å². The van der Waals surface area contributed by atoms with Crippen molar-refractivity contribution < 1.29 is 4.74 Å². The van der Waals surface area contributed by atoms with Gasteiger partial charge in [0.1, 0.15) is 17.3 Å². The van der Waals surface area contributed by atoms with E-state index in [0.717, 1.165) is 62.7 Å². The molecule has 1 aliphatic heterocycles. The number of hydrogen-bond acceptors (Lipinski definition) is 4. The Bertz CT molecular complexity index is 2520. The minimum absolute atomic E-state index is 0.0582. The first-order chi connectivity index (χ1) is 23.8. The topological polar surface area (TPSA) is 38.5 Å². The molecule has 0 saturated carbocycles. The molecule has 0 radical (unpaired) electrons. The minimum Gasteiger partial charge on any atom is -0.457 e.